The van der Waals surface area contributed by atoms with Gasteiger partial charge >= 0.3 is 5.69 Å². The van der Waals surface area contributed by atoms with E-state index in [1.54, 1.807) is 0 Å². The zero-order chi connectivity index (χ0) is 24.4. The van der Waals surface area contributed by atoms with E-state index in [4.69, 9.17) is 0 Å². The number of aliphatic hydroxyl groups excluding tert-OH is 1. The second-order valence-electron chi connectivity index (χ2n) is 7.73. The van der Waals surface area contributed by atoms with E-state index in [1.807, 2.05) is 30.3 Å². The number of Topliss-reactive ketones (excluding diaryl/α,β-unsaturated/α-hetero) is 1. The highest BCUT2D eigenvalue weighted by Gasteiger charge is 2.44. The molecule has 3 aromatic rings. The van der Waals surface area contributed by atoms with Gasteiger partial charge in [0.15, 0.2) is 17.3 Å². The zero-order valence-electron chi connectivity index (χ0n) is 17.7. The maximum absolute atomic E-state index is 13.5. The number of aliphatic hydroxyl groups is 1. The number of phenols is 1. The quantitative estimate of drug-likeness (QED) is 0.393. The number of nitro benzene ring substituents is 1. The lowest BCUT2D eigenvalue weighted by Gasteiger charge is -2.27. The number of benzene rings is 3. The highest BCUT2D eigenvalue weighted by Crippen LogP contribution is 2.43. The maximum Gasteiger partial charge on any atom is 0.311 e. The molecule has 1 unspecified atom stereocenters. The molecule has 172 valence electrons. The fourth-order valence-corrected chi connectivity index (χ4v) is 3.97. The van der Waals surface area contributed by atoms with Gasteiger partial charge in [0.1, 0.15) is 5.82 Å². The monoisotopic (exact) mass is 462 g/mol. The fraction of sp³-hybridized carbons (Fsp3) is 0.120. The number of halogens is 1. The number of aryl methyl sites for hydroxylation is 1. The second kappa shape index (κ2) is 9.14. The molecule has 34 heavy (non-hydrogen) atoms. The van der Waals surface area contributed by atoms with Crippen LogP contribution in [0.3, 0.4) is 0 Å². The third kappa shape index (κ3) is 4.23. The molecule has 1 heterocycles. The van der Waals surface area contributed by atoms with E-state index in [0.717, 1.165) is 34.7 Å². The number of nitro groups is 1. The second-order valence-corrected chi connectivity index (χ2v) is 7.73. The topological polar surface area (TPSA) is 121 Å². The fourth-order valence-electron chi connectivity index (χ4n) is 3.97. The van der Waals surface area contributed by atoms with Gasteiger partial charge in [0, 0.05) is 18.2 Å². The average molecular weight is 462 g/mol. The van der Waals surface area contributed by atoms with E-state index >= 15 is 0 Å². The maximum atomic E-state index is 13.5. The lowest BCUT2D eigenvalue weighted by Crippen LogP contribution is -2.31. The highest BCUT2D eigenvalue weighted by atomic mass is 19.1. The van der Waals surface area contributed by atoms with Crippen LogP contribution in [0.5, 0.6) is 5.75 Å². The number of carbonyl (C=O) groups is 2. The first kappa shape index (κ1) is 22.7. The minimum absolute atomic E-state index is 0.0232. The molecule has 0 aromatic heterocycles. The Labute approximate surface area is 193 Å². The Kier molecular flexibility index (Phi) is 6.09. The Morgan fingerprint density at radius 3 is 2.35 bits per heavy atom. The van der Waals surface area contributed by atoms with Crippen LogP contribution in [0.4, 0.5) is 15.8 Å². The lowest BCUT2D eigenvalue weighted by atomic mass is 9.92. The summed E-state index contributed by atoms with van der Waals surface area (Å²) in [6, 6.07) is 16.3. The van der Waals surface area contributed by atoms with Crippen molar-refractivity contribution >= 4 is 23.1 Å². The van der Waals surface area contributed by atoms with Crippen LogP contribution in [0.2, 0.25) is 0 Å². The summed E-state index contributed by atoms with van der Waals surface area (Å²) in [4.78, 5) is 37.9. The number of carbonyl (C=O) groups excluding carboxylic acids is 2. The molecule has 8 nitrogen and oxygen atoms in total. The number of ketones is 1. The van der Waals surface area contributed by atoms with E-state index in [1.165, 1.54) is 18.2 Å². The van der Waals surface area contributed by atoms with Crippen molar-refractivity contribution < 1.29 is 29.1 Å². The predicted octanol–water partition coefficient (Wildman–Crippen LogP) is 4.54. The third-order valence-electron chi connectivity index (χ3n) is 5.61. The molecule has 3 aromatic carbocycles. The van der Waals surface area contributed by atoms with E-state index in [9.17, 15) is 34.3 Å². The molecule has 0 radical (unpaired) electrons. The van der Waals surface area contributed by atoms with Gasteiger partial charge in [-0.25, -0.2) is 4.39 Å². The Bertz CT molecular complexity index is 1300. The number of aromatic hydroxyl groups is 1. The van der Waals surface area contributed by atoms with Gasteiger partial charge in [-0.3, -0.25) is 24.6 Å². The molecule has 0 bridgehead atoms. The summed E-state index contributed by atoms with van der Waals surface area (Å²) in [5.41, 5.74) is 0.364. The van der Waals surface area contributed by atoms with Crippen LogP contribution >= 0.6 is 0 Å². The molecule has 0 spiro atoms. The summed E-state index contributed by atoms with van der Waals surface area (Å²) in [6.45, 7) is 0. The van der Waals surface area contributed by atoms with Gasteiger partial charge in [0.05, 0.1) is 16.5 Å². The Morgan fingerprint density at radius 2 is 1.71 bits per heavy atom. The minimum atomic E-state index is -1.21. The summed E-state index contributed by atoms with van der Waals surface area (Å²) >= 11 is 0. The molecule has 0 aliphatic carbocycles. The molecule has 2 N–H and O–H groups in total. The molecule has 0 fully saturated rings. The number of anilines is 1. The predicted molar refractivity (Wildman–Crippen MR) is 121 cm³/mol. The SMILES string of the molecule is O=C(CCc1ccccc1)C1=C(O)C(=O)N(c2ccc(F)cc2)C1c1ccc(O)c([N+](=O)[O-])c1. The normalized spacial score (nSPS) is 15.6. The van der Waals surface area contributed by atoms with Crippen molar-refractivity contribution in [1.29, 1.82) is 0 Å². The molecule has 9 heteroatoms. The van der Waals surface area contributed by atoms with Crippen molar-refractivity contribution in [2.24, 2.45) is 0 Å². The number of amides is 1. The van der Waals surface area contributed by atoms with Crippen molar-refractivity contribution in [3.05, 3.63) is 111 Å². The number of rotatable bonds is 7. The van der Waals surface area contributed by atoms with Crippen molar-refractivity contribution in [3.8, 4) is 5.75 Å². The van der Waals surface area contributed by atoms with Crippen LogP contribution in [0.1, 0.15) is 23.6 Å². The number of phenolic OH excluding ortho intramolecular Hbond substituents is 1. The number of hydrogen-bond acceptors (Lipinski definition) is 6. The molecule has 0 saturated heterocycles. The number of nitrogens with zero attached hydrogens (tertiary/aromatic N) is 2. The van der Waals surface area contributed by atoms with Crippen LogP contribution in [0.25, 0.3) is 0 Å². The van der Waals surface area contributed by atoms with Crippen LogP contribution in [0, 0.1) is 15.9 Å². The van der Waals surface area contributed by atoms with E-state index in [0.29, 0.717) is 6.42 Å². The largest absolute Gasteiger partial charge is 0.503 e. The molecule has 1 amide bonds. The first-order valence-corrected chi connectivity index (χ1v) is 10.3. The summed E-state index contributed by atoms with van der Waals surface area (Å²) in [5, 5.41) is 31.9. The van der Waals surface area contributed by atoms with Crippen LogP contribution in [-0.2, 0) is 16.0 Å². The highest BCUT2D eigenvalue weighted by molar-refractivity contribution is 6.16. The molecule has 1 aliphatic rings. The molecular weight excluding hydrogens is 443 g/mol. The molecular formula is C25H19FN2O6. The van der Waals surface area contributed by atoms with Gasteiger partial charge < -0.3 is 10.2 Å². The molecule has 0 saturated carbocycles. The molecule has 1 aliphatic heterocycles. The Hall–Kier alpha value is -4.53. The summed E-state index contributed by atoms with van der Waals surface area (Å²) in [6.07, 6.45) is 0.328. The summed E-state index contributed by atoms with van der Waals surface area (Å²) < 4.78 is 13.5. The molecule has 1 atom stereocenters. The Morgan fingerprint density at radius 1 is 1.03 bits per heavy atom. The lowest BCUT2D eigenvalue weighted by molar-refractivity contribution is -0.385. The van der Waals surface area contributed by atoms with Crippen LogP contribution in [0.15, 0.2) is 84.1 Å². The van der Waals surface area contributed by atoms with Crippen LogP contribution in [-0.4, -0.2) is 26.8 Å². The summed E-state index contributed by atoms with van der Waals surface area (Å²) in [7, 11) is 0. The van der Waals surface area contributed by atoms with Crippen LogP contribution < -0.4 is 4.90 Å². The van der Waals surface area contributed by atoms with E-state index in [2.05, 4.69) is 0 Å². The van der Waals surface area contributed by atoms with Gasteiger partial charge in [0.25, 0.3) is 5.91 Å². The van der Waals surface area contributed by atoms with Crippen molar-refractivity contribution in [3.63, 3.8) is 0 Å². The third-order valence-corrected chi connectivity index (χ3v) is 5.61. The first-order chi connectivity index (χ1) is 16.3. The van der Waals surface area contributed by atoms with Gasteiger partial charge in [0.2, 0.25) is 0 Å². The van der Waals surface area contributed by atoms with Gasteiger partial charge in [-0.1, -0.05) is 36.4 Å². The van der Waals surface area contributed by atoms with Crippen molar-refractivity contribution in [2.75, 3.05) is 4.90 Å². The standard InChI is InChI=1S/C25H19FN2O6/c26-17-8-10-18(11-9-17)27-23(16-7-13-20(29)19(14-16)28(33)34)22(24(31)25(27)32)21(30)12-6-15-4-2-1-3-5-15/h1-5,7-11,13-14,23,29,31H,6,12H2. The zero-order valence-corrected chi connectivity index (χ0v) is 17.7. The van der Waals surface area contributed by atoms with Gasteiger partial charge in [-0.05, 0) is 47.9 Å². The summed E-state index contributed by atoms with van der Waals surface area (Å²) in [5.74, 6) is -3.32. The first-order valence-electron chi connectivity index (χ1n) is 10.3. The number of hydrogen-bond donors (Lipinski definition) is 2. The molecule has 4 rings (SSSR count). The smallest absolute Gasteiger partial charge is 0.311 e. The average Bonchev–Trinajstić information content (AvgIpc) is 3.09. The van der Waals surface area contributed by atoms with E-state index in [-0.39, 0.29) is 23.2 Å². The van der Waals surface area contributed by atoms with Crippen molar-refractivity contribution in [1.82, 2.24) is 0 Å². The minimum Gasteiger partial charge on any atom is -0.503 e. The van der Waals surface area contributed by atoms with Crippen molar-refractivity contribution in [2.45, 2.75) is 18.9 Å². The van der Waals surface area contributed by atoms with E-state index < -0.39 is 45.7 Å². The van der Waals surface area contributed by atoms with Gasteiger partial charge in [-0.2, -0.15) is 0 Å². The van der Waals surface area contributed by atoms with Gasteiger partial charge in [-0.15, -0.1) is 0 Å². The Balaban J connectivity index is 1.78.